The smallest absolute Gasteiger partial charge is 0.0591 e. The van der Waals surface area contributed by atoms with E-state index in [0.717, 1.165) is 39.2 Å². The molecule has 1 rings (SSSR count). The van der Waals surface area contributed by atoms with Crippen LogP contribution in [0, 0.1) is 5.92 Å². The lowest BCUT2D eigenvalue weighted by atomic mass is 10.0. The van der Waals surface area contributed by atoms with Gasteiger partial charge in [0.1, 0.15) is 0 Å². The molecule has 2 atom stereocenters. The number of hydrogen-bond acceptors (Lipinski definition) is 3. The van der Waals surface area contributed by atoms with Gasteiger partial charge in [0, 0.05) is 25.8 Å². The van der Waals surface area contributed by atoms with Gasteiger partial charge in [0.25, 0.3) is 0 Å². The van der Waals surface area contributed by atoms with Gasteiger partial charge in [-0.25, -0.2) is 0 Å². The lowest BCUT2D eigenvalue weighted by Gasteiger charge is -2.30. The molecule has 1 heterocycles. The first-order chi connectivity index (χ1) is 8.22. The first-order valence-corrected chi connectivity index (χ1v) is 7.15. The Morgan fingerprint density at radius 3 is 2.94 bits per heavy atom. The van der Waals surface area contributed by atoms with Crippen LogP contribution in [0.15, 0.2) is 0 Å². The fourth-order valence-corrected chi connectivity index (χ4v) is 2.24. The predicted octanol–water partition coefficient (Wildman–Crippen LogP) is 2.60. The molecule has 0 bridgehead atoms. The van der Waals surface area contributed by atoms with Crippen LogP contribution in [0.2, 0.25) is 0 Å². The highest BCUT2D eigenvalue weighted by Crippen LogP contribution is 2.17. The predicted molar refractivity (Wildman–Crippen MR) is 71.3 cm³/mol. The molecule has 3 heteroatoms. The summed E-state index contributed by atoms with van der Waals surface area (Å²) in [5, 5.41) is 3.58. The van der Waals surface area contributed by atoms with Crippen molar-refractivity contribution in [2.24, 2.45) is 5.92 Å². The van der Waals surface area contributed by atoms with Crippen LogP contribution in [0.25, 0.3) is 0 Å². The number of nitrogens with one attached hydrogen (secondary N) is 1. The first kappa shape index (κ1) is 14.9. The highest BCUT2D eigenvalue weighted by molar-refractivity contribution is 4.76. The van der Waals surface area contributed by atoms with Crippen molar-refractivity contribution in [2.45, 2.75) is 58.6 Å². The molecule has 1 aliphatic heterocycles. The number of ether oxygens (including phenoxy) is 2. The summed E-state index contributed by atoms with van der Waals surface area (Å²) in [4.78, 5) is 0. The largest absolute Gasteiger partial charge is 0.380 e. The lowest BCUT2D eigenvalue weighted by molar-refractivity contribution is -0.00460. The van der Waals surface area contributed by atoms with Crippen LogP contribution in [0.1, 0.15) is 46.5 Å². The Hall–Kier alpha value is -0.120. The van der Waals surface area contributed by atoms with Gasteiger partial charge in [-0.15, -0.1) is 0 Å². The highest BCUT2D eigenvalue weighted by atomic mass is 16.5. The summed E-state index contributed by atoms with van der Waals surface area (Å²) in [5.41, 5.74) is 0. The van der Waals surface area contributed by atoms with E-state index < -0.39 is 0 Å². The van der Waals surface area contributed by atoms with E-state index in [4.69, 9.17) is 9.47 Å². The third-order valence-electron chi connectivity index (χ3n) is 3.11. The van der Waals surface area contributed by atoms with E-state index in [1.165, 1.54) is 12.8 Å². The van der Waals surface area contributed by atoms with Gasteiger partial charge < -0.3 is 14.8 Å². The molecule has 17 heavy (non-hydrogen) atoms. The SMILES string of the molecule is CCCC1CC(NCCOCC(C)C)CCO1. The second-order valence-corrected chi connectivity index (χ2v) is 5.43. The van der Waals surface area contributed by atoms with Crippen molar-refractivity contribution < 1.29 is 9.47 Å². The van der Waals surface area contributed by atoms with Crippen molar-refractivity contribution >= 4 is 0 Å². The van der Waals surface area contributed by atoms with Crippen LogP contribution < -0.4 is 5.32 Å². The van der Waals surface area contributed by atoms with Crippen molar-refractivity contribution in [1.29, 1.82) is 0 Å². The molecule has 2 unspecified atom stereocenters. The molecule has 102 valence electrons. The van der Waals surface area contributed by atoms with Crippen LogP contribution in [-0.4, -0.2) is 38.5 Å². The maximum atomic E-state index is 5.74. The van der Waals surface area contributed by atoms with Gasteiger partial charge in [0.05, 0.1) is 12.7 Å². The van der Waals surface area contributed by atoms with E-state index in [1.54, 1.807) is 0 Å². The van der Waals surface area contributed by atoms with E-state index in [9.17, 15) is 0 Å². The minimum Gasteiger partial charge on any atom is -0.380 e. The fourth-order valence-electron chi connectivity index (χ4n) is 2.24. The molecule has 0 aromatic rings. The van der Waals surface area contributed by atoms with Crippen LogP contribution in [0.3, 0.4) is 0 Å². The first-order valence-electron chi connectivity index (χ1n) is 7.15. The summed E-state index contributed by atoms with van der Waals surface area (Å²) < 4.78 is 11.3. The van der Waals surface area contributed by atoms with Crippen molar-refractivity contribution in [3.8, 4) is 0 Å². The summed E-state index contributed by atoms with van der Waals surface area (Å²) in [6, 6.07) is 0.628. The van der Waals surface area contributed by atoms with Crippen LogP contribution in [0.5, 0.6) is 0 Å². The van der Waals surface area contributed by atoms with Crippen molar-refractivity contribution in [1.82, 2.24) is 5.32 Å². The number of rotatable bonds is 8. The molecule has 0 radical (unpaired) electrons. The lowest BCUT2D eigenvalue weighted by Crippen LogP contribution is -2.40. The van der Waals surface area contributed by atoms with Gasteiger partial charge in [-0.3, -0.25) is 0 Å². The molecule has 1 N–H and O–H groups in total. The summed E-state index contributed by atoms with van der Waals surface area (Å²) in [5.74, 6) is 0.631. The average molecular weight is 243 g/mol. The maximum absolute atomic E-state index is 5.74. The molecular weight excluding hydrogens is 214 g/mol. The summed E-state index contributed by atoms with van der Waals surface area (Å²) in [6.45, 7) is 10.2. The summed E-state index contributed by atoms with van der Waals surface area (Å²) in [6.07, 6.45) is 5.20. The zero-order valence-electron chi connectivity index (χ0n) is 11.7. The van der Waals surface area contributed by atoms with Crippen molar-refractivity contribution in [2.75, 3.05) is 26.4 Å². The van der Waals surface area contributed by atoms with E-state index in [1.807, 2.05) is 0 Å². The van der Waals surface area contributed by atoms with Crippen LogP contribution >= 0.6 is 0 Å². The van der Waals surface area contributed by atoms with Crippen molar-refractivity contribution in [3.05, 3.63) is 0 Å². The quantitative estimate of drug-likeness (QED) is 0.665. The fraction of sp³-hybridized carbons (Fsp3) is 1.00. The Bertz CT molecular complexity index is 183. The molecule has 0 aliphatic carbocycles. The molecule has 0 aromatic heterocycles. The Morgan fingerprint density at radius 1 is 1.41 bits per heavy atom. The zero-order valence-corrected chi connectivity index (χ0v) is 11.7. The van der Waals surface area contributed by atoms with Gasteiger partial charge in [0.15, 0.2) is 0 Å². The second kappa shape index (κ2) is 8.90. The second-order valence-electron chi connectivity index (χ2n) is 5.43. The highest BCUT2D eigenvalue weighted by Gasteiger charge is 2.21. The summed E-state index contributed by atoms with van der Waals surface area (Å²) in [7, 11) is 0. The molecule has 0 aromatic carbocycles. The normalized spacial score (nSPS) is 25.4. The van der Waals surface area contributed by atoms with Gasteiger partial charge in [0.2, 0.25) is 0 Å². The van der Waals surface area contributed by atoms with Crippen LogP contribution in [0.4, 0.5) is 0 Å². The Kier molecular flexibility index (Phi) is 7.82. The van der Waals surface area contributed by atoms with Crippen LogP contribution in [-0.2, 0) is 9.47 Å². The molecule has 1 fully saturated rings. The molecule has 0 spiro atoms. The Balaban J connectivity index is 2.02. The van der Waals surface area contributed by atoms with E-state index >= 15 is 0 Å². The van der Waals surface area contributed by atoms with Gasteiger partial charge in [-0.2, -0.15) is 0 Å². The van der Waals surface area contributed by atoms with E-state index in [0.29, 0.717) is 18.1 Å². The molecule has 0 saturated carbocycles. The molecule has 1 aliphatic rings. The average Bonchev–Trinajstić information content (AvgIpc) is 2.29. The third kappa shape index (κ3) is 7.02. The Morgan fingerprint density at radius 2 is 2.24 bits per heavy atom. The standard InChI is InChI=1S/C14H29NO2/c1-4-5-14-10-13(6-8-17-14)15-7-9-16-11-12(2)3/h12-15H,4-11H2,1-3H3. The van der Waals surface area contributed by atoms with Gasteiger partial charge in [-0.05, 0) is 25.2 Å². The minimum absolute atomic E-state index is 0.475. The molecule has 3 nitrogen and oxygen atoms in total. The molecule has 0 amide bonds. The zero-order chi connectivity index (χ0) is 12.5. The Labute approximate surface area is 106 Å². The van der Waals surface area contributed by atoms with E-state index in [2.05, 4.69) is 26.1 Å². The molecule has 1 saturated heterocycles. The summed E-state index contributed by atoms with van der Waals surface area (Å²) >= 11 is 0. The van der Waals surface area contributed by atoms with Crippen molar-refractivity contribution in [3.63, 3.8) is 0 Å². The monoisotopic (exact) mass is 243 g/mol. The third-order valence-corrected chi connectivity index (χ3v) is 3.11. The molecular formula is C14H29NO2. The van der Waals surface area contributed by atoms with Gasteiger partial charge >= 0.3 is 0 Å². The minimum atomic E-state index is 0.475. The van der Waals surface area contributed by atoms with Gasteiger partial charge in [-0.1, -0.05) is 27.2 Å². The van der Waals surface area contributed by atoms with E-state index in [-0.39, 0.29) is 0 Å². The number of hydrogen-bond donors (Lipinski definition) is 1. The topological polar surface area (TPSA) is 30.5 Å². The maximum Gasteiger partial charge on any atom is 0.0591 e.